The van der Waals surface area contributed by atoms with E-state index in [1.807, 2.05) is 32.0 Å². The molecule has 174 valence electrons. The molecular weight excluding hydrogens is 422 g/mol. The monoisotopic (exact) mass is 451 g/mol. The van der Waals surface area contributed by atoms with Crippen LogP contribution >= 0.6 is 0 Å². The molecule has 0 aliphatic carbocycles. The summed E-state index contributed by atoms with van der Waals surface area (Å²) in [5.74, 6) is 0.0154. The minimum absolute atomic E-state index is 0.142. The quantitative estimate of drug-likeness (QED) is 0.226. The van der Waals surface area contributed by atoms with Gasteiger partial charge in [-0.2, -0.15) is 5.26 Å². The SMILES string of the molecule is CCCCOC(=O)c1ccccc1NC(=O)/C(C#N)=C\NC(C)c1ccc(OC)c(OC)c1. The lowest BCUT2D eigenvalue weighted by molar-refractivity contribution is -0.112. The minimum atomic E-state index is -0.640. The number of nitrogens with zero attached hydrogens (tertiary/aromatic N) is 1. The molecule has 0 heterocycles. The highest BCUT2D eigenvalue weighted by molar-refractivity contribution is 6.09. The molecule has 2 N–H and O–H groups in total. The number of nitrogens with one attached hydrogen (secondary N) is 2. The van der Waals surface area contributed by atoms with Crippen LogP contribution in [0.5, 0.6) is 11.5 Å². The Balaban J connectivity index is 2.11. The van der Waals surface area contributed by atoms with E-state index >= 15 is 0 Å². The lowest BCUT2D eigenvalue weighted by atomic mass is 10.1. The third-order valence-corrected chi connectivity index (χ3v) is 4.88. The van der Waals surface area contributed by atoms with Gasteiger partial charge in [-0.05, 0) is 43.2 Å². The van der Waals surface area contributed by atoms with Crippen LogP contribution in [0.1, 0.15) is 48.7 Å². The van der Waals surface area contributed by atoms with Crippen molar-refractivity contribution < 1.29 is 23.8 Å². The number of anilines is 1. The van der Waals surface area contributed by atoms with Crippen molar-refractivity contribution in [3.63, 3.8) is 0 Å². The molecule has 2 aromatic carbocycles. The van der Waals surface area contributed by atoms with E-state index in [1.54, 1.807) is 44.6 Å². The third kappa shape index (κ3) is 7.01. The molecule has 1 unspecified atom stereocenters. The number of methoxy groups -OCH3 is 2. The molecule has 0 aromatic heterocycles. The van der Waals surface area contributed by atoms with Gasteiger partial charge < -0.3 is 24.8 Å². The zero-order chi connectivity index (χ0) is 24.2. The van der Waals surface area contributed by atoms with Gasteiger partial charge in [-0.25, -0.2) is 4.79 Å². The Morgan fingerprint density at radius 2 is 1.85 bits per heavy atom. The topological polar surface area (TPSA) is 110 Å². The van der Waals surface area contributed by atoms with E-state index in [4.69, 9.17) is 14.2 Å². The van der Waals surface area contributed by atoms with Crippen LogP contribution in [0.2, 0.25) is 0 Å². The number of nitriles is 1. The lowest BCUT2D eigenvalue weighted by Gasteiger charge is -2.16. The number of esters is 1. The largest absolute Gasteiger partial charge is 0.493 e. The van der Waals surface area contributed by atoms with Crippen molar-refractivity contribution in [2.24, 2.45) is 0 Å². The van der Waals surface area contributed by atoms with Gasteiger partial charge in [0.05, 0.1) is 32.1 Å². The Labute approximate surface area is 194 Å². The molecule has 0 bridgehead atoms. The lowest BCUT2D eigenvalue weighted by Crippen LogP contribution is -2.20. The summed E-state index contributed by atoms with van der Waals surface area (Å²) in [5.41, 5.74) is 1.24. The summed E-state index contributed by atoms with van der Waals surface area (Å²) in [6.07, 6.45) is 3.00. The van der Waals surface area contributed by atoms with Crippen LogP contribution in [0.15, 0.2) is 54.2 Å². The number of unbranched alkanes of at least 4 members (excludes halogenated alkanes) is 1. The number of para-hydroxylation sites is 1. The Bertz CT molecular complexity index is 1040. The number of carbonyl (C=O) groups is 2. The summed E-state index contributed by atoms with van der Waals surface area (Å²) in [6, 6.07) is 13.6. The van der Waals surface area contributed by atoms with Crippen molar-refractivity contribution in [2.75, 3.05) is 26.1 Å². The first kappa shape index (κ1) is 25.3. The number of amides is 1. The maximum Gasteiger partial charge on any atom is 0.340 e. The number of carbonyl (C=O) groups excluding carboxylic acids is 2. The van der Waals surface area contributed by atoms with Crippen molar-refractivity contribution in [1.29, 1.82) is 5.26 Å². The Kier molecular flexibility index (Phi) is 9.78. The zero-order valence-corrected chi connectivity index (χ0v) is 19.3. The van der Waals surface area contributed by atoms with Gasteiger partial charge in [0, 0.05) is 12.2 Å². The van der Waals surface area contributed by atoms with Gasteiger partial charge in [-0.1, -0.05) is 31.5 Å². The molecule has 0 aliphatic rings. The second kappa shape index (κ2) is 12.8. The van der Waals surface area contributed by atoms with E-state index < -0.39 is 11.9 Å². The number of benzene rings is 2. The van der Waals surface area contributed by atoms with Crippen molar-refractivity contribution in [3.05, 3.63) is 65.4 Å². The third-order valence-electron chi connectivity index (χ3n) is 4.88. The zero-order valence-electron chi connectivity index (χ0n) is 19.3. The molecule has 8 nitrogen and oxygen atoms in total. The van der Waals surface area contributed by atoms with Gasteiger partial charge in [-0.3, -0.25) is 4.79 Å². The molecule has 0 aliphatic heterocycles. The minimum Gasteiger partial charge on any atom is -0.493 e. The highest BCUT2D eigenvalue weighted by Crippen LogP contribution is 2.30. The van der Waals surface area contributed by atoms with E-state index in [0.717, 1.165) is 18.4 Å². The molecular formula is C25H29N3O5. The van der Waals surface area contributed by atoms with Crippen LogP contribution in [-0.4, -0.2) is 32.7 Å². The van der Waals surface area contributed by atoms with Gasteiger partial charge in [0.2, 0.25) is 0 Å². The second-order valence-electron chi connectivity index (χ2n) is 7.16. The standard InChI is InChI=1S/C25H29N3O5/c1-5-6-13-33-25(30)20-9-7-8-10-21(20)28-24(29)19(15-26)16-27-17(2)18-11-12-22(31-3)23(14-18)32-4/h7-12,14,16-17,27H,5-6,13H2,1-4H3,(H,28,29)/b19-16-. The van der Waals surface area contributed by atoms with Crippen LogP contribution in [-0.2, 0) is 9.53 Å². The van der Waals surface area contributed by atoms with Crippen LogP contribution < -0.4 is 20.1 Å². The molecule has 0 spiro atoms. The molecule has 8 heteroatoms. The average molecular weight is 452 g/mol. The first-order chi connectivity index (χ1) is 15.9. The molecule has 2 rings (SSSR count). The molecule has 0 radical (unpaired) electrons. The van der Waals surface area contributed by atoms with Crippen molar-refractivity contribution >= 4 is 17.6 Å². The smallest absolute Gasteiger partial charge is 0.340 e. The summed E-state index contributed by atoms with van der Waals surface area (Å²) in [5, 5.41) is 15.1. The van der Waals surface area contributed by atoms with Crippen molar-refractivity contribution in [3.8, 4) is 17.6 Å². The molecule has 1 atom stereocenters. The highest BCUT2D eigenvalue weighted by Gasteiger charge is 2.17. The van der Waals surface area contributed by atoms with Gasteiger partial charge in [0.1, 0.15) is 11.6 Å². The first-order valence-corrected chi connectivity index (χ1v) is 10.6. The van der Waals surface area contributed by atoms with E-state index in [-0.39, 0.29) is 22.9 Å². The fourth-order valence-corrected chi connectivity index (χ4v) is 2.92. The predicted molar refractivity (Wildman–Crippen MR) is 125 cm³/mol. The van der Waals surface area contributed by atoms with E-state index in [1.165, 1.54) is 6.20 Å². The maximum absolute atomic E-state index is 12.7. The molecule has 2 aromatic rings. The number of ether oxygens (including phenoxy) is 3. The van der Waals surface area contributed by atoms with Crippen LogP contribution in [0.4, 0.5) is 5.69 Å². The van der Waals surface area contributed by atoms with Gasteiger partial charge in [0.15, 0.2) is 11.5 Å². The molecule has 0 fully saturated rings. The van der Waals surface area contributed by atoms with E-state index in [9.17, 15) is 14.9 Å². The summed E-state index contributed by atoms with van der Waals surface area (Å²) < 4.78 is 15.8. The summed E-state index contributed by atoms with van der Waals surface area (Å²) in [6.45, 7) is 4.18. The fraction of sp³-hybridized carbons (Fsp3) is 0.320. The summed E-state index contributed by atoms with van der Waals surface area (Å²) in [7, 11) is 3.11. The Morgan fingerprint density at radius 1 is 1.12 bits per heavy atom. The summed E-state index contributed by atoms with van der Waals surface area (Å²) >= 11 is 0. The maximum atomic E-state index is 12.7. The van der Waals surface area contributed by atoms with Gasteiger partial charge >= 0.3 is 5.97 Å². The van der Waals surface area contributed by atoms with Crippen LogP contribution in [0.25, 0.3) is 0 Å². The fourth-order valence-electron chi connectivity index (χ4n) is 2.92. The predicted octanol–water partition coefficient (Wildman–Crippen LogP) is 4.36. The molecule has 33 heavy (non-hydrogen) atoms. The number of hydrogen-bond acceptors (Lipinski definition) is 7. The average Bonchev–Trinajstić information content (AvgIpc) is 2.84. The second-order valence-corrected chi connectivity index (χ2v) is 7.16. The Hall–Kier alpha value is -3.99. The molecule has 0 saturated heterocycles. The van der Waals surface area contributed by atoms with E-state index in [0.29, 0.717) is 18.1 Å². The van der Waals surface area contributed by atoms with Gasteiger partial charge in [0.25, 0.3) is 5.91 Å². The van der Waals surface area contributed by atoms with E-state index in [2.05, 4.69) is 10.6 Å². The highest BCUT2D eigenvalue weighted by atomic mass is 16.5. The Morgan fingerprint density at radius 3 is 2.52 bits per heavy atom. The van der Waals surface area contributed by atoms with Crippen molar-refractivity contribution in [2.45, 2.75) is 32.7 Å². The summed E-state index contributed by atoms with van der Waals surface area (Å²) in [4.78, 5) is 25.0. The number of hydrogen-bond donors (Lipinski definition) is 2. The van der Waals surface area contributed by atoms with Gasteiger partial charge in [-0.15, -0.1) is 0 Å². The van der Waals surface area contributed by atoms with Crippen molar-refractivity contribution in [1.82, 2.24) is 5.32 Å². The normalized spacial score (nSPS) is 11.7. The molecule has 0 saturated carbocycles. The first-order valence-electron chi connectivity index (χ1n) is 10.6. The van der Waals surface area contributed by atoms with Crippen LogP contribution in [0, 0.1) is 11.3 Å². The molecule has 1 amide bonds. The number of rotatable bonds is 11. The van der Waals surface area contributed by atoms with Crippen LogP contribution in [0.3, 0.4) is 0 Å².